The van der Waals surface area contributed by atoms with E-state index in [4.69, 9.17) is 0 Å². The Hall–Kier alpha value is -1.44. The maximum absolute atomic E-state index is 12.8. The van der Waals surface area contributed by atoms with Gasteiger partial charge in [-0.05, 0) is 44.5 Å². The molecule has 0 aromatic heterocycles. The number of carbonyl (C=O) groups excluding carboxylic acids is 1. The lowest BCUT2D eigenvalue weighted by molar-refractivity contribution is 0.0707. The van der Waals surface area contributed by atoms with Gasteiger partial charge in [0.2, 0.25) is 10.0 Å². The molecule has 1 aromatic rings. The molecule has 0 unspecified atom stereocenters. The van der Waals surface area contributed by atoms with Crippen LogP contribution in [0.2, 0.25) is 0 Å². The van der Waals surface area contributed by atoms with Crippen molar-refractivity contribution in [3.63, 3.8) is 0 Å². The average Bonchev–Trinajstić information content (AvgIpc) is 2.62. The van der Waals surface area contributed by atoms with Crippen molar-refractivity contribution < 1.29 is 13.2 Å². The SMILES string of the molecule is CCN(CC)S(=O)(=O)c1cc(C(=O)N2CCC(NC)CC2)ccc1C. The second kappa shape index (κ2) is 8.29. The summed E-state index contributed by atoms with van der Waals surface area (Å²) in [6.07, 6.45) is 1.83. The van der Waals surface area contributed by atoms with E-state index >= 15 is 0 Å². The topological polar surface area (TPSA) is 69.7 Å². The van der Waals surface area contributed by atoms with Gasteiger partial charge in [-0.1, -0.05) is 19.9 Å². The van der Waals surface area contributed by atoms with Crippen LogP contribution in [0.5, 0.6) is 0 Å². The standard InChI is InChI=1S/C18H29N3O3S/c1-5-21(6-2)25(23,24)17-13-15(8-7-14(17)3)18(22)20-11-9-16(19-4)10-12-20/h7-8,13,16,19H,5-6,9-12H2,1-4H3. The van der Waals surface area contributed by atoms with Crippen LogP contribution in [0.3, 0.4) is 0 Å². The molecule has 25 heavy (non-hydrogen) atoms. The van der Waals surface area contributed by atoms with Crippen LogP contribution < -0.4 is 5.32 Å². The van der Waals surface area contributed by atoms with Crippen LogP contribution in [-0.2, 0) is 10.0 Å². The molecule has 0 aliphatic carbocycles. The van der Waals surface area contributed by atoms with Crippen LogP contribution in [0, 0.1) is 6.92 Å². The second-order valence-electron chi connectivity index (χ2n) is 6.42. The van der Waals surface area contributed by atoms with E-state index in [0.29, 0.717) is 43.3 Å². The molecule has 0 radical (unpaired) electrons. The lowest BCUT2D eigenvalue weighted by Gasteiger charge is -2.32. The Balaban J connectivity index is 2.28. The van der Waals surface area contributed by atoms with Crippen molar-refractivity contribution in [1.29, 1.82) is 0 Å². The molecule has 2 rings (SSSR count). The third-order valence-electron chi connectivity index (χ3n) is 4.95. The number of rotatable bonds is 6. The molecule has 140 valence electrons. The zero-order valence-electron chi connectivity index (χ0n) is 15.6. The minimum absolute atomic E-state index is 0.0921. The largest absolute Gasteiger partial charge is 0.339 e. The number of hydrogen-bond acceptors (Lipinski definition) is 4. The maximum Gasteiger partial charge on any atom is 0.253 e. The normalized spacial score (nSPS) is 16.4. The molecule has 6 nitrogen and oxygen atoms in total. The van der Waals surface area contributed by atoms with E-state index in [1.54, 1.807) is 19.1 Å². The van der Waals surface area contributed by atoms with E-state index in [9.17, 15) is 13.2 Å². The number of nitrogens with zero attached hydrogens (tertiary/aromatic N) is 2. The van der Waals surface area contributed by atoms with Crippen molar-refractivity contribution in [2.45, 2.75) is 44.6 Å². The van der Waals surface area contributed by atoms with Gasteiger partial charge in [0.25, 0.3) is 5.91 Å². The summed E-state index contributed by atoms with van der Waals surface area (Å²) in [7, 11) is -1.64. The van der Waals surface area contributed by atoms with Gasteiger partial charge in [-0.15, -0.1) is 0 Å². The third-order valence-corrected chi connectivity index (χ3v) is 7.14. The van der Waals surface area contributed by atoms with Crippen LogP contribution in [-0.4, -0.2) is 62.8 Å². The summed E-state index contributed by atoms with van der Waals surface area (Å²) in [5, 5.41) is 3.24. The number of hydrogen-bond donors (Lipinski definition) is 1. The first-order valence-electron chi connectivity index (χ1n) is 8.92. The summed E-state index contributed by atoms with van der Waals surface area (Å²) in [5.74, 6) is -0.0921. The number of sulfonamides is 1. The van der Waals surface area contributed by atoms with Crippen LogP contribution in [0.25, 0.3) is 0 Å². The highest BCUT2D eigenvalue weighted by Gasteiger charge is 2.27. The molecular formula is C18H29N3O3S. The minimum atomic E-state index is -3.58. The fourth-order valence-corrected chi connectivity index (χ4v) is 4.98. The van der Waals surface area contributed by atoms with Crippen molar-refractivity contribution in [3.8, 4) is 0 Å². The predicted molar refractivity (Wildman–Crippen MR) is 99.3 cm³/mol. The van der Waals surface area contributed by atoms with Gasteiger partial charge in [0.05, 0.1) is 4.90 Å². The third kappa shape index (κ3) is 4.22. The lowest BCUT2D eigenvalue weighted by atomic mass is 10.0. The minimum Gasteiger partial charge on any atom is -0.339 e. The summed E-state index contributed by atoms with van der Waals surface area (Å²) in [6.45, 7) is 7.60. The summed E-state index contributed by atoms with van der Waals surface area (Å²) in [6, 6.07) is 5.43. The maximum atomic E-state index is 12.8. The highest BCUT2D eigenvalue weighted by atomic mass is 32.2. The summed E-state index contributed by atoms with van der Waals surface area (Å²) in [4.78, 5) is 14.8. The molecule has 1 amide bonds. The Kier molecular flexibility index (Phi) is 6.59. The average molecular weight is 368 g/mol. The Bertz CT molecular complexity index is 706. The number of nitrogens with one attached hydrogen (secondary N) is 1. The van der Waals surface area contributed by atoms with Crippen LogP contribution >= 0.6 is 0 Å². The second-order valence-corrected chi connectivity index (χ2v) is 8.33. The van der Waals surface area contributed by atoms with Gasteiger partial charge in [0.1, 0.15) is 0 Å². The first kappa shape index (κ1) is 19.9. The molecular weight excluding hydrogens is 338 g/mol. The number of piperidine rings is 1. The monoisotopic (exact) mass is 367 g/mol. The molecule has 1 saturated heterocycles. The Labute approximate surface area is 151 Å². The molecule has 1 aromatic carbocycles. The first-order chi connectivity index (χ1) is 11.8. The summed E-state index contributed by atoms with van der Waals surface area (Å²) in [5.41, 5.74) is 1.11. The molecule has 1 aliphatic rings. The van der Waals surface area contributed by atoms with E-state index in [1.807, 2.05) is 25.8 Å². The molecule has 1 N–H and O–H groups in total. The zero-order valence-corrected chi connectivity index (χ0v) is 16.4. The van der Waals surface area contributed by atoms with E-state index in [-0.39, 0.29) is 10.8 Å². The molecule has 0 spiro atoms. The molecule has 0 bridgehead atoms. The van der Waals surface area contributed by atoms with Crippen molar-refractivity contribution in [1.82, 2.24) is 14.5 Å². The van der Waals surface area contributed by atoms with Crippen molar-refractivity contribution in [2.75, 3.05) is 33.2 Å². The number of aryl methyl sites for hydroxylation is 1. The van der Waals surface area contributed by atoms with Gasteiger partial charge in [-0.25, -0.2) is 8.42 Å². The molecule has 7 heteroatoms. The van der Waals surface area contributed by atoms with E-state index in [2.05, 4.69) is 5.32 Å². The zero-order chi connectivity index (χ0) is 18.6. The van der Waals surface area contributed by atoms with Gasteiger partial charge in [0, 0.05) is 37.8 Å². The number of benzene rings is 1. The molecule has 0 atom stereocenters. The first-order valence-corrected chi connectivity index (χ1v) is 10.4. The van der Waals surface area contributed by atoms with Crippen molar-refractivity contribution >= 4 is 15.9 Å². The van der Waals surface area contributed by atoms with E-state index in [0.717, 1.165) is 12.8 Å². The highest BCUT2D eigenvalue weighted by Crippen LogP contribution is 2.23. The predicted octanol–water partition coefficient (Wildman–Crippen LogP) is 1.85. The van der Waals surface area contributed by atoms with Gasteiger partial charge in [-0.3, -0.25) is 4.79 Å². The fraction of sp³-hybridized carbons (Fsp3) is 0.611. The number of carbonyl (C=O) groups is 1. The van der Waals surface area contributed by atoms with Gasteiger partial charge in [-0.2, -0.15) is 4.31 Å². The van der Waals surface area contributed by atoms with Gasteiger partial charge in [0.15, 0.2) is 0 Å². The van der Waals surface area contributed by atoms with Crippen LogP contribution in [0.15, 0.2) is 23.1 Å². The number of likely N-dealkylation sites (tertiary alicyclic amines) is 1. The Morgan fingerprint density at radius 1 is 1.24 bits per heavy atom. The van der Waals surface area contributed by atoms with Gasteiger partial charge >= 0.3 is 0 Å². The highest BCUT2D eigenvalue weighted by molar-refractivity contribution is 7.89. The van der Waals surface area contributed by atoms with Crippen molar-refractivity contribution in [2.24, 2.45) is 0 Å². The lowest BCUT2D eigenvalue weighted by Crippen LogP contribution is -2.44. The summed E-state index contributed by atoms with van der Waals surface area (Å²) < 4.78 is 27.1. The fourth-order valence-electron chi connectivity index (χ4n) is 3.27. The quantitative estimate of drug-likeness (QED) is 0.833. The Morgan fingerprint density at radius 3 is 2.36 bits per heavy atom. The molecule has 1 fully saturated rings. The Morgan fingerprint density at radius 2 is 1.84 bits per heavy atom. The van der Waals surface area contributed by atoms with Crippen LogP contribution in [0.1, 0.15) is 42.6 Å². The van der Waals surface area contributed by atoms with E-state index < -0.39 is 10.0 Å². The molecule has 1 aliphatic heterocycles. The van der Waals surface area contributed by atoms with E-state index in [1.165, 1.54) is 10.4 Å². The van der Waals surface area contributed by atoms with Crippen LogP contribution in [0.4, 0.5) is 0 Å². The van der Waals surface area contributed by atoms with Gasteiger partial charge < -0.3 is 10.2 Å². The molecule has 0 saturated carbocycles. The number of amides is 1. The summed E-state index contributed by atoms with van der Waals surface area (Å²) >= 11 is 0. The van der Waals surface area contributed by atoms with Crippen molar-refractivity contribution in [3.05, 3.63) is 29.3 Å². The smallest absolute Gasteiger partial charge is 0.253 e. The molecule has 1 heterocycles.